The van der Waals surface area contributed by atoms with E-state index >= 15 is 0 Å². The molecule has 1 amide bonds. The summed E-state index contributed by atoms with van der Waals surface area (Å²) in [5, 5.41) is 2.29. The van der Waals surface area contributed by atoms with Gasteiger partial charge in [-0.3, -0.25) is 4.79 Å². The monoisotopic (exact) mass is 268 g/mol. The van der Waals surface area contributed by atoms with Gasteiger partial charge < -0.3 is 4.90 Å². The number of carbonyl (C=O) groups excluding carboxylic acids is 1. The zero-order chi connectivity index (χ0) is 13.2. The Bertz CT molecular complexity index is 669. The molecule has 0 saturated carbocycles. The van der Waals surface area contributed by atoms with Gasteiger partial charge in [0.05, 0.1) is 0 Å². The van der Waals surface area contributed by atoms with E-state index in [9.17, 15) is 4.79 Å². The lowest BCUT2D eigenvalue weighted by molar-refractivity contribution is 0.0729. The topological polar surface area (TPSA) is 33.2 Å². The number of fused-ring (bicyclic) bond motifs is 1. The van der Waals surface area contributed by atoms with Crippen LogP contribution in [0.1, 0.15) is 26.6 Å². The van der Waals surface area contributed by atoms with Crippen molar-refractivity contribution in [2.45, 2.75) is 13.0 Å². The Morgan fingerprint density at radius 2 is 2.16 bits per heavy atom. The third-order valence-electron chi connectivity index (χ3n) is 3.26. The molecule has 0 aliphatic carbocycles. The summed E-state index contributed by atoms with van der Waals surface area (Å²) in [5.74, 6) is 2.42. The van der Waals surface area contributed by atoms with Crippen molar-refractivity contribution < 1.29 is 4.79 Å². The number of amides is 1. The van der Waals surface area contributed by atoms with Gasteiger partial charge in [-0.1, -0.05) is 24.3 Å². The molecule has 3 nitrogen and oxygen atoms in total. The number of hydrogen-bond donors (Lipinski definition) is 0. The van der Waals surface area contributed by atoms with Crippen LogP contribution in [0.25, 0.3) is 0 Å². The summed E-state index contributed by atoms with van der Waals surface area (Å²) in [6.45, 7) is 1.39. The first-order chi connectivity index (χ1) is 9.28. The number of rotatable bonds is 1. The van der Waals surface area contributed by atoms with Gasteiger partial charge in [0.2, 0.25) is 0 Å². The van der Waals surface area contributed by atoms with Gasteiger partial charge in [0.1, 0.15) is 5.69 Å². The fraction of sp³-hybridized carbons (Fsp3) is 0.200. The largest absolute Gasteiger partial charge is 0.333 e. The van der Waals surface area contributed by atoms with Crippen molar-refractivity contribution in [3.8, 4) is 12.3 Å². The lowest BCUT2D eigenvalue weighted by atomic mass is 10.00. The van der Waals surface area contributed by atoms with Crippen molar-refractivity contribution in [2.75, 3.05) is 6.54 Å². The van der Waals surface area contributed by atoms with E-state index in [0.717, 1.165) is 13.0 Å². The number of thiazole rings is 1. The molecule has 0 radical (unpaired) electrons. The summed E-state index contributed by atoms with van der Waals surface area (Å²) in [6, 6.07) is 8.24. The van der Waals surface area contributed by atoms with Crippen molar-refractivity contribution in [1.82, 2.24) is 9.88 Å². The van der Waals surface area contributed by atoms with Gasteiger partial charge in [-0.2, -0.15) is 0 Å². The molecule has 0 saturated heterocycles. The van der Waals surface area contributed by atoms with Crippen LogP contribution < -0.4 is 0 Å². The molecule has 1 aromatic heterocycles. The first-order valence-electron chi connectivity index (χ1n) is 6.06. The van der Waals surface area contributed by atoms with E-state index in [-0.39, 0.29) is 5.91 Å². The molecule has 94 valence electrons. The predicted molar refractivity (Wildman–Crippen MR) is 74.9 cm³/mol. The molecule has 1 aliphatic heterocycles. The molecule has 3 rings (SSSR count). The average Bonchev–Trinajstić information content (AvgIpc) is 2.95. The summed E-state index contributed by atoms with van der Waals surface area (Å²) >= 11 is 1.33. The molecular formula is C15H12N2OS. The van der Waals surface area contributed by atoms with Crippen molar-refractivity contribution in [1.29, 1.82) is 0 Å². The summed E-state index contributed by atoms with van der Waals surface area (Å²) in [7, 11) is 0. The fourth-order valence-electron chi connectivity index (χ4n) is 2.27. The smallest absolute Gasteiger partial charge is 0.273 e. The first-order valence-corrected chi connectivity index (χ1v) is 6.94. The van der Waals surface area contributed by atoms with Crippen LogP contribution in [0.5, 0.6) is 0 Å². The normalized spacial score (nSPS) is 13.7. The van der Waals surface area contributed by atoms with E-state index in [2.05, 4.69) is 23.0 Å². The van der Waals surface area contributed by atoms with Gasteiger partial charge >= 0.3 is 0 Å². The molecule has 1 aliphatic rings. The molecule has 0 bridgehead atoms. The molecule has 0 fully saturated rings. The predicted octanol–water partition coefficient (Wildman–Crippen LogP) is 2.32. The maximum Gasteiger partial charge on any atom is 0.273 e. The minimum Gasteiger partial charge on any atom is -0.333 e. The molecular weight excluding hydrogens is 256 g/mol. The Balaban J connectivity index is 1.81. The van der Waals surface area contributed by atoms with Gasteiger partial charge in [0.15, 0.2) is 5.01 Å². The van der Waals surface area contributed by atoms with Gasteiger partial charge in [-0.15, -0.1) is 17.8 Å². The maximum atomic E-state index is 12.3. The lowest BCUT2D eigenvalue weighted by Gasteiger charge is -2.28. The molecule has 4 heteroatoms. The summed E-state index contributed by atoms with van der Waals surface area (Å²) in [5.41, 5.74) is 3.00. The lowest BCUT2D eigenvalue weighted by Crippen LogP contribution is -2.36. The van der Waals surface area contributed by atoms with Crippen LogP contribution in [-0.2, 0) is 13.0 Å². The average molecular weight is 268 g/mol. The molecule has 19 heavy (non-hydrogen) atoms. The van der Waals surface area contributed by atoms with Crippen LogP contribution in [0.2, 0.25) is 0 Å². The molecule has 2 aromatic rings. The van der Waals surface area contributed by atoms with Crippen LogP contribution in [0.3, 0.4) is 0 Å². The quantitative estimate of drug-likeness (QED) is 0.744. The Morgan fingerprint density at radius 3 is 2.89 bits per heavy atom. The number of nitrogens with zero attached hydrogens (tertiary/aromatic N) is 2. The van der Waals surface area contributed by atoms with E-state index in [1.54, 1.807) is 5.38 Å². The molecule has 0 spiro atoms. The third-order valence-corrected chi connectivity index (χ3v) is 4.04. The molecule has 0 N–H and O–H groups in total. The third kappa shape index (κ3) is 2.25. The summed E-state index contributed by atoms with van der Waals surface area (Å²) < 4.78 is 0. The highest BCUT2D eigenvalue weighted by atomic mass is 32.1. The van der Waals surface area contributed by atoms with Crippen LogP contribution >= 0.6 is 11.3 Å². The highest BCUT2D eigenvalue weighted by Crippen LogP contribution is 2.20. The number of terminal acetylenes is 1. The summed E-state index contributed by atoms with van der Waals surface area (Å²) in [6.07, 6.45) is 6.17. The second-order valence-corrected chi connectivity index (χ2v) is 5.29. The van der Waals surface area contributed by atoms with Crippen molar-refractivity contribution >= 4 is 17.2 Å². The maximum absolute atomic E-state index is 12.3. The Morgan fingerprint density at radius 1 is 1.37 bits per heavy atom. The second kappa shape index (κ2) is 4.87. The van der Waals surface area contributed by atoms with Gasteiger partial charge in [-0.25, -0.2) is 4.98 Å². The minimum atomic E-state index is -0.0350. The molecule has 0 unspecified atom stereocenters. The van der Waals surface area contributed by atoms with Crippen LogP contribution in [0, 0.1) is 12.3 Å². The number of aromatic nitrogens is 1. The van der Waals surface area contributed by atoms with Crippen molar-refractivity contribution in [3.05, 3.63) is 51.5 Å². The highest BCUT2D eigenvalue weighted by molar-refractivity contribution is 7.10. The van der Waals surface area contributed by atoms with Crippen molar-refractivity contribution in [3.63, 3.8) is 0 Å². The van der Waals surface area contributed by atoms with Crippen molar-refractivity contribution in [2.24, 2.45) is 0 Å². The SMILES string of the molecule is C#Cc1nc(C(=O)N2CCc3ccccc3C2)cs1. The fourth-order valence-corrected chi connectivity index (χ4v) is 2.87. The Hall–Kier alpha value is -2.12. The van der Waals surface area contributed by atoms with E-state index in [1.807, 2.05) is 17.0 Å². The number of carbonyl (C=O) groups is 1. The molecule has 2 heterocycles. The van der Waals surface area contributed by atoms with Gasteiger partial charge in [0, 0.05) is 18.5 Å². The Labute approximate surface area is 115 Å². The minimum absolute atomic E-state index is 0.0350. The first kappa shape index (κ1) is 11.9. The molecule has 1 aromatic carbocycles. The van der Waals surface area contributed by atoms with E-state index in [1.165, 1.54) is 22.5 Å². The Kier molecular flexibility index (Phi) is 3.06. The van der Waals surface area contributed by atoms with E-state index < -0.39 is 0 Å². The number of hydrogen-bond acceptors (Lipinski definition) is 3. The highest BCUT2D eigenvalue weighted by Gasteiger charge is 2.23. The second-order valence-electron chi connectivity index (χ2n) is 4.43. The van der Waals surface area contributed by atoms with Crippen LogP contribution in [0.4, 0.5) is 0 Å². The number of benzene rings is 1. The molecule has 0 atom stereocenters. The van der Waals surface area contributed by atoms with Gasteiger partial charge in [-0.05, 0) is 23.5 Å². The van der Waals surface area contributed by atoms with Gasteiger partial charge in [0.25, 0.3) is 5.91 Å². The summed E-state index contributed by atoms with van der Waals surface area (Å²) in [4.78, 5) is 18.3. The van der Waals surface area contributed by atoms with Crippen LogP contribution in [-0.4, -0.2) is 22.3 Å². The van der Waals surface area contributed by atoms with Crippen LogP contribution in [0.15, 0.2) is 29.6 Å². The zero-order valence-corrected chi connectivity index (χ0v) is 11.1. The van der Waals surface area contributed by atoms with E-state index in [0.29, 0.717) is 17.2 Å². The van der Waals surface area contributed by atoms with E-state index in [4.69, 9.17) is 6.42 Å². The standard InChI is InChI=1S/C15H12N2OS/c1-2-14-16-13(10-19-14)15(18)17-8-7-11-5-3-4-6-12(11)9-17/h1,3-6,10H,7-9H2. The zero-order valence-electron chi connectivity index (χ0n) is 10.3.